The first-order valence-corrected chi connectivity index (χ1v) is 12.0. The van der Waals surface area contributed by atoms with Crippen LogP contribution in [-0.2, 0) is 4.74 Å². The fourth-order valence-electron chi connectivity index (χ4n) is 5.49. The summed E-state index contributed by atoms with van der Waals surface area (Å²) in [6, 6.07) is 15.5. The number of allylic oxidation sites excluding steroid dienone is 2. The SMILES string of the molecule is CCN(CC)c1ccc(C2Nc3ccc(C(=O)N4CCOCC4)cc3C3C=CCC32)cc1. The van der Waals surface area contributed by atoms with E-state index in [9.17, 15) is 4.79 Å². The quantitative estimate of drug-likeness (QED) is 0.689. The van der Waals surface area contributed by atoms with Crippen molar-refractivity contribution in [3.63, 3.8) is 0 Å². The molecule has 5 heteroatoms. The molecule has 0 spiro atoms. The fourth-order valence-corrected chi connectivity index (χ4v) is 5.49. The molecule has 5 rings (SSSR count). The summed E-state index contributed by atoms with van der Waals surface area (Å²) in [7, 11) is 0. The lowest BCUT2D eigenvalue weighted by Gasteiger charge is -2.38. The van der Waals surface area contributed by atoms with E-state index in [1.54, 1.807) is 0 Å². The van der Waals surface area contributed by atoms with E-state index in [0.717, 1.165) is 30.8 Å². The Hall–Kier alpha value is -2.79. The molecule has 3 unspecified atom stereocenters. The molecule has 1 fully saturated rings. The Morgan fingerprint density at radius 3 is 2.56 bits per heavy atom. The molecule has 1 amide bonds. The van der Waals surface area contributed by atoms with Gasteiger partial charge < -0.3 is 19.9 Å². The molecule has 0 aromatic heterocycles. The van der Waals surface area contributed by atoms with Gasteiger partial charge in [0.25, 0.3) is 5.91 Å². The van der Waals surface area contributed by atoms with Crippen LogP contribution in [0.15, 0.2) is 54.6 Å². The first-order valence-electron chi connectivity index (χ1n) is 12.0. The third kappa shape index (κ3) is 3.79. The van der Waals surface area contributed by atoms with Gasteiger partial charge >= 0.3 is 0 Å². The number of amides is 1. The summed E-state index contributed by atoms with van der Waals surface area (Å²) in [5.41, 5.74) is 5.79. The zero-order valence-corrected chi connectivity index (χ0v) is 19.1. The van der Waals surface area contributed by atoms with E-state index in [1.165, 1.54) is 16.8 Å². The van der Waals surface area contributed by atoms with Crippen LogP contribution in [-0.4, -0.2) is 50.2 Å². The van der Waals surface area contributed by atoms with Crippen LogP contribution in [0.4, 0.5) is 11.4 Å². The molecule has 3 atom stereocenters. The molecule has 0 bridgehead atoms. The van der Waals surface area contributed by atoms with Crippen molar-refractivity contribution < 1.29 is 9.53 Å². The molecule has 2 aromatic carbocycles. The first kappa shape index (κ1) is 21.1. The summed E-state index contributed by atoms with van der Waals surface area (Å²) in [5.74, 6) is 0.926. The smallest absolute Gasteiger partial charge is 0.254 e. The second kappa shape index (κ2) is 8.99. The van der Waals surface area contributed by atoms with Gasteiger partial charge in [0, 0.05) is 49.0 Å². The van der Waals surface area contributed by atoms with Gasteiger partial charge in [-0.05, 0) is 67.6 Å². The topological polar surface area (TPSA) is 44.8 Å². The van der Waals surface area contributed by atoms with Crippen LogP contribution in [0.25, 0.3) is 0 Å². The number of carbonyl (C=O) groups is 1. The summed E-state index contributed by atoms with van der Waals surface area (Å²) < 4.78 is 5.40. The Labute approximate surface area is 191 Å². The Kier molecular flexibility index (Phi) is 5.92. The van der Waals surface area contributed by atoms with Gasteiger partial charge in [0.2, 0.25) is 0 Å². The van der Waals surface area contributed by atoms with Crippen molar-refractivity contribution in [3.05, 3.63) is 71.3 Å². The maximum Gasteiger partial charge on any atom is 0.254 e. The number of carbonyl (C=O) groups excluding carboxylic acids is 1. The maximum absolute atomic E-state index is 13.0. The van der Waals surface area contributed by atoms with Gasteiger partial charge in [0.15, 0.2) is 0 Å². The second-order valence-corrected chi connectivity index (χ2v) is 8.95. The molecule has 2 aliphatic heterocycles. The maximum atomic E-state index is 13.0. The molecule has 0 radical (unpaired) electrons. The van der Waals surface area contributed by atoms with Gasteiger partial charge in [-0.15, -0.1) is 0 Å². The summed E-state index contributed by atoms with van der Waals surface area (Å²) in [6.45, 7) is 9.03. The van der Waals surface area contributed by atoms with Gasteiger partial charge in [-0.1, -0.05) is 24.3 Å². The van der Waals surface area contributed by atoms with E-state index >= 15 is 0 Å². The van der Waals surface area contributed by atoms with Crippen LogP contribution >= 0.6 is 0 Å². The Balaban J connectivity index is 1.41. The number of rotatable bonds is 5. The number of fused-ring (bicyclic) bond motifs is 3. The predicted octanol–water partition coefficient (Wildman–Crippen LogP) is 4.83. The second-order valence-electron chi connectivity index (χ2n) is 8.95. The van der Waals surface area contributed by atoms with Gasteiger partial charge in [0.05, 0.1) is 19.3 Å². The molecule has 3 aliphatic rings. The first-order chi connectivity index (χ1) is 15.7. The van der Waals surface area contributed by atoms with Crippen molar-refractivity contribution in [2.45, 2.75) is 32.2 Å². The van der Waals surface area contributed by atoms with Crippen LogP contribution in [0.1, 0.15) is 53.7 Å². The van der Waals surface area contributed by atoms with E-state index in [0.29, 0.717) is 38.1 Å². The van der Waals surface area contributed by atoms with E-state index < -0.39 is 0 Å². The standard InChI is InChI=1S/C27H33N3O2/c1-3-29(4-2)21-11-8-19(9-12-21)26-23-7-5-6-22(23)24-18-20(10-13-25(24)28-26)27(31)30-14-16-32-17-15-30/h5-6,8-13,18,22-23,26,28H,3-4,7,14-17H2,1-2H3. The molecule has 0 saturated carbocycles. The third-order valence-electron chi connectivity index (χ3n) is 7.29. The zero-order chi connectivity index (χ0) is 22.1. The number of nitrogens with zero attached hydrogens (tertiary/aromatic N) is 2. The van der Waals surface area contributed by atoms with Gasteiger partial charge in [-0.3, -0.25) is 4.79 Å². The monoisotopic (exact) mass is 431 g/mol. The number of hydrogen-bond acceptors (Lipinski definition) is 4. The van der Waals surface area contributed by atoms with Crippen molar-refractivity contribution in [2.24, 2.45) is 5.92 Å². The molecular formula is C27H33N3O2. The average Bonchev–Trinajstić information content (AvgIpc) is 3.35. The summed E-state index contributed by atoms with van der Waals surface area (Å²) >= 11 is 0. The lowest BCUT2D eigenvalue weighted by molar-refractivity contribution is 0.0303. The summed E-state index contributed by atoms with van der Waals surface area (Å²) in [6.07, 6.45) is 5.70. The van der Waals surface area contributed by atoms with E-state index in [2.05, 4.69) is 72.6 Å². The van der Waals surface area contributed by atoms with Crippen LogP contribution in [0, 0.1) is 5.92 Å². The number of ether oxygens (including phenoxy) is 1. The zero-order valence-electron chi connectivity index (χ0n) is 19.1. The lowest BCUT2D eigenvalue weighted by atomic mass is 9.76. The number of anilines is 2. The highest BCUT2D eigenvalue weighted by Gasteiger charge is 2.38. The molecule has 1 saturated heterocycles. The Morgan fingerprint density at radius 2 is 1.84 bits per heavy atom. The van der Waals surface area contributed by atoms with Crippen molar-refractivity contribution in [3.8, 4) is 0 Å². The van der Waals surface area contributed by atoms with Gasteiger partial charge in [-0.25, -0.2) is 0 Å². The highest BCUT2D eigenvalue weighted by molar-refractivity contribution is 5.95. The molecule has 1 N–H and O–H groups in total. The molecule has 2 aromatic rings. The number of nitrogens with one attached hydrogen (secondary N) is 1. The Bertz CT molecular complexity index is 990. The normalized spacial score (nSPS) is 23.9. The number of benzene rings is 2. The van der Waals surface area contributed by atoms with Crippen LogP contribution in [0.3, 0.4) is 0 Å². The average molecular weight is 432 g/mol. The van der Waals surface area contributed by atoms with Crippen LogP contribution < -0.4 is 10.2 Å². The minimum atomic E-state index is 0.115. The summed E-state index contributed by atoms with van der Waals surface area (Å²) in [5, 5.41) is 3.81. The summed E-state index contributed by atoms with van der Waals surface area (Å²) in [4.78, 5) is 17.3. The van der Waals surface area contributed by atoms with Crippen molar-refractivity contribution in [2.75, 3.05) is 49.6 Å². The minimum Gasteiger partial charge on any atom is -0.378 e. The molecule has 168 valence electrons. The Morgan fingerprint density at radius 1 is 1.09 bits per heavy atom. The number of hydrogen-bond donors (Lipinski definition) is 1. The molecule has 2 heterocycles. The van der Waals surface area contributed by atoms with Gasteiger partial charge in [0.1, 0.15) is 0 Å². The highest BCUT2D eigenvalue weighted by Crippen LogP contribution is 2.50. The van der Waals surface area contributed by atoms with Gasteiger partial charge in [-0.2, -0.15) is 0 Å². The van der Waals surface area contributed by atoms with Crippen LogP contribution in [0.2, 0.25) is 0 Å². The van der Waals surface area contributed by atoms with Crippen molar-refractivity contribution in [1.29, 1.82) is 0 Å². The molecular weight excluding hydrogens is 398 g/mol. The molecule has 1 aliphatic carbocycles. The number of morpholine rings is 1. The van der Waals surface area contributed by atoms with Crippen molar-refractivity contribution >= 4 is 17.3 Å². The predicted molar refractivity (Wildman–Crippen MR) is 130 cm³/mol. The molecule has 32 heavy (non-hydrogen) atoms. The molecule has 5 nitrogen and oxygen atoms in total. The van der Waals surface area contributed by atoms with E-state index in [1.807, 2.05) is 11.0 Å². The minimum absolute atomic E-state index is 0.115. The fraction of sp³-hybridized carbons (Fsp3) is 0.444. The van der Waals surface area contributed by atoms with Crippen LogP contribution in [0.5, 0.6) is 0 Å². The lowest BCUT2D eigenvalue weighted by Crippen LogP contribution is -2.40. The van der Waals surface area contributed by atoms with Crippen molar-refractivity contribution in [1.82, 2.24) is 4.90 Å². The third-order valence-corrected chi connectivity index (χ3v) is 7.29. The largest absolute Gasteiger partial charge is 0.378 e. The van der Waals surface area contributed by atoms with E-state index in [4.69, 9.17) is 4.74 Å². The highest BCUT2D eigenvalue weighted by atomic mass is 16.5. The van der Waals surface area contributed by atoms with E-state index in [-0.39, 0.29) is 11.9 Å².